The van der Waals surface area contributed by atoms with Crippen molar-refractivity contribution in [1.82, 2.24) is 4.90 Å². The summed E-state index contributed by atoms with van der Waals surface area (Å²) in [5, 5.41) is 0.402. The van der Waals surface area contributed by atoms with Crippen molar-refractivity contribution < 1.29 is 23.7 Å². The van der Waals surface area contributed by atoms with Crippen LogP contribution in [0.2, 0.25) is 5.02 Å². The van der Waals surface area contributed by atoms with Gasteiger partial charge < -0.3 is 29.4 Å². The molecule has 2 aromatic rings. The smallest absolute Gasteiger partial charge is 0.204 e. The highest BCUT2D eigenvalue weighted by molar-refractivity contribution is 6.32. The summed E-state index contributed by atoms with van der Waals surface area (Å²) >= 11 is 6.33. The Morgan fingerprint density at radius 1 is 1.15 bits per heavy atom. The Hall–Kier alpha value is -2.94. The lowest BCUT2D eigenvalue weighted by Crippen LogP contribution is -2.37. The lowest BCUT2D eigenvalue weighted by Gasteiger charge is -2.27. The molecule has 2 aliphatic heterocycles. The molecule has 0 unspecified atom stereocenters. The fraction of sp³-hybridized carbons (Fsp3) is 0.400. The first-order chi connectivity index (χ1) is 16.6. The molecule has 34 heavy (non-hydrogen) atoms. The van der Waals surface area contributed by atoms with Crippen LogP contribution >= 0.6 is 11.6 Å². The van der Waals surface area contributed by atoms with Crippen LogP contribution in [0.15, 0.2) is 35.3 Å². The maximum atomic E-state index is 6.33. The Labute approximate surface area is 204 Å². The molecular formula is C25H30ClN3O5. The number of morpholine rings is 1. The lowest BCUT2D eigenvalue weighted by atomic mass is 10.1. The van der Waals surface area contributed by atoms with E-state index in [0.29, 0.717) is 70.5 Å². The standard InChI is InChI=1S/C25H30ClN3O5/c1-3-20(34-21-6-5-17(27)15-18(21)26)23-19(28-2)16-22(24-25(23)33-14-13-32-24)31-10-4-7-29-8-11-30-12-9-29/h3,5-6,15-16H,2,4,7-14,27H2,1H3/b20-3+. The summed E-state index contributed by atoms with van der Waals surface area (Å²) in [5.41, 5.74) is 7.55. The van der Waals surface area contributed by atoms with Crippen molar-refractivity contribution in [3.8, 4) is 23.0 Å². The third-order valence-corrected chi connectivity index (χ3v) is 5.89. The van der Waals surface area contributed by atoms with Gasteiger partial charge in [0.1, 0.15) is 24.7 Å². The van der Waals surface area contributed by atoms with Gasteiger partial charge in [-0.05, 0) is 44.3 Å². The van der Waals surface area contributed by atoms with Crippen molar-refractivity contribution >= 4 is 35.5 Å². The Bertz CT molecular complexity index is 1050. The zero-order valence-corrected chi connectivity index (χ0v) is 20.1. The maximum absolute atomic E-state index is 6.33. The Morgan fingerprint density at radius 3 is 2.62 bits per heavy atom. The van der Waals surface area contributed by atoms with Crippen LogP contribution in [0, 0.1) is 0 Å². The molecule has 0 aliphatic carbocycles. The molecule has 0 spiro atoms. The van der Waals surface area contributed by atoms with Crippen molar-refractivity contribution in [2.45, 2.75) is 13.3 Å². The predicted octanol–water partition coefficient (Wildman–Crippen LogP) is 4.57. The van der Waals surface area contributed by atoms with E-state index >= 15 is 0 Å². The first-order valence-corrected chi connectivity index (χ1v) is 11.7. The number of allylic oxidation sites excluding steroid dienone is 1. The van der Waals surface area contributed by atoms with Gasteiger partial charge in [0, 0.05) is 31.4 Å². The van der Waals surface area contributed by atoms with Gasteiger partial charge in [0.2, 0.25) is 5.75 Å². The van der Waals surface area contributed by atoms with Crippen molar-refractivity contribution in [1.29, 1.82) is 0 Å². The average Bonchev–Trinajstić information content (AvgIpc) is 2.86. The molecule has 9 heteroatoms. The predicted molar refractivity (Wildman–Crippen MR) is 134 cm³/mol. The molecule has 2 aromatic carbocycles. The minimum atomic E-state index is 0.399. The topological polar surface area (TPSA) is 87.8 Å². The molecule has 1 fully saturated rings. The highest BCUT2D eigenvalue weighted by atomic mass is 35.5. The second-order valence-electron chi connectivity index (χ2n) is 7.88. The molecule has 0 aromatic heterocycles. The average molecular weight is 488 g/mol. The summed E-state index contributed by atoms with van der Waals surface area (Å²) < 4.78 is 29.6. The summed E-state index contributed by atoms with van der Waals surface area (Å²) in [6.45, 7) is 11.4. The number of hydrogen-bond acceptors (Lipinski definition) is 8. The second-order valence-corrected chi connectivity index (χ2v) is 8.29. The number of benzene rings is 2. The van der Waals surface area contributed by atoms with E-state index in [-0.39, 0.29) is 0 Å². The van der Waals surface area contributed by atoms with E-state index < -0.39 is 0 Å². The van der Waals surface area contributed by atoms with Gasteiger partial charge in [-0.2, -0.15) is 0 Å². The van der Waals surface area contributed by atoms with E-state index in [1.165, 1.54) is 0 Å². The molecule has 182 valence electrons. The van der Waals surface area contributed by atoms with Crippen molar-refractivity contribution in [3.63, 3.8) is 0 Å². The molecule has 8 nitrogen and oxygen atoms in total. The quantitative estimate of drug-likeness (QED) is 0.240. The van der Waals surface area contributed by atoms with Gasteiger partial charge in [0.25, 0.3) is 0 Å². The number of ether oxygens (including phenoxy) is 5. The SMILES string of the molecule is C=Nc1cc(OCCCN2CCOCC2)c2c(c1/C(=C\C)Oc1ccc(N)cc1Cl)OCCO2. The van der Waals surface area contributed by atoms with Crippen LogP contribution in [-0.4, -0.2) is 64.3 Å². The summed E-state index contributed by atoms with van der Waals surface area (Å²) in [5.74, 6) is 2.59. The van der Waals surface area contributed by atoms with E-state index in [9.17, 15) is 0 Å². The Kier molecular flexibility index (Phi) is 8.16. The van der Waals surface area contributed by atoms with Gasteiger partial charge in [0.05, 0.1) is 36.1 Å². The number of nitrogens with zero attached hydrogens (tertiary/aromatic N) is 2. The first kappa shape index (κ1) is 24.2. The number of nitrogens with two attached hydrogens (primary N) is 1. The van der Waals surface area contributed by atoms with Gasteiger partial charge in [-0.15, -0.1) is 0 Å². The van der Waals surface area contributed by atoms with Gasteiger partial charge in [0.15, 0.2) is 11.5 Å². The summed E-state index contributed by atoms with van der Waals surface area (Å²) in [6, 6.07) is 6.89. The molecule has 0 bridgehead atoms. The zero-order valence-electron chi connectivity index (χ0n) is 19.3. The molecule has 4 rings (SSSR count). The monoisotopic (exact) mass is 487 g/mol. The molecule has 1 saturated heterocycles. The largest absolute Gasteiger partial charge is 0.489 e. The molecular weight excluding hydrogens is 458 g/mol. The van der Waals surface area contributed by atoms with Crippen LogP contribution in [0.3, 0.4) is 0 Å². The van der Waals surface area contributed by atoms with Crippen LogP contribution in [-0.2, 0) is 4.74 Å². The van der Waals surface area contributed by atoms with Gasteiger partial charge in [-0.25, -0.2) is 0 Å². The van der Waals surface area contributed by atoms with Crippen LogP contribution in [0.25, 0.3) is 5.76 Å². The van der Waals surface area contributed by atoms with Gasteiger partial charge >= 0.3 is 0 Å². The fourth-order valence-corrected chi connectivity index (χ4v) is 4.13. The third-order valence-electron chi connectivity index (χ3n) is 5.59. The molecule has 0 radical (unpaired) electrons. The number of rotatable bonds is 9. The van der Waals surface area contributed by atoms with Crippen molar-refractivity contribution in [2.75, 3.05) is 58.4 Å². The molecule has 2 heterocycles. The van der Waals surface area contributed by atoms with Crippen molar-refractivity contribution in [3.05, 3.63) is 40.9 Å². The number of aliphatic imine (C=N–C) groups is 1. The molecule has 2 aliphatic rings. The van der Waals surface area contributed by atoms with Crippen LogP contribution < -0.4 is 24.7 Å². The Balaban J connectivity index is 1.57. The minimum Gasteiger partial charge on any atom is -0.489 e. The van der Waals surface area contributed by atoms with E-state index in [0.717, 1.165) is 39.3 Å². The van der Waals surface area contributed by atoms with Gasteiger partial charge in [-0.3, -0.25) is 9.89 Å². The molecule has 0 atom stereocenters. The van der Waals surface area contributed by atoms with Crippen LogP contribution in [0.5, 0.6) is 23.0 Å². The van der Waals surface area contributed by atoms with E-state index in [2.05, 4.69) is 16.6 Å². The highest BCUT2D eigenvalue weighted by Gasteiger charge is 2.28. The highest BCUT2D eigenvalue weighted by Crippen LogP contribution is 2.50. The number of nitrogen functional groups attached to an aromatic ring is 1. The second kappa shape index (κ2) is 11.5. The van der Waals surface area contributed by atoms with Crippen LogP contribution in [0.1, 0.15) is 18.9 Å². The van der Waals surface area contributed by atoms with E-state index in [1.807, 2.05) is 19.1 Å². The fourth-order valence-electron chi connectivity index (χ4n) is 3.90. The number of anilines is 1. The first-order valence-electron chi connectivity index (χ1n) is 11.4. The summed E-state index contributed by atoms with van der Waals surface area (Å²) in [7, 11) is 0. The number of hydrogen-bond donors (Lipinski definition) is 1. The molecule has 0 amide bonds. The normalized spacial score (nSPS) is 16.2. The summed E-state index contributed by atoms with van der Waals surface area (Å²) in [4.78, 5) is 6.60. The van der Waals surface area contributed by atoms with E-state index in [1.54, 1.807) is 18.2 Å². The number of halogens is 1. The van der Waals surface area contributed by atoms with Gasteiger partial charge in [-0.1, -0.05) is 11.6 Å². The molecule has 0 saturated carbocycles. The third kappa shape index (κ3) is 5.58. The lowest BCUT2D eigenvalue weighted by molar-refractivity contribution is 0.0357. The maximum Gasteiger partial charge on any atom is 0.204 e. The Morgan fingerprint density at radius 2 is 1.91 bits per heavy atom. The van der Waals surface area contributed by atoms with E-state index in [4.69, 9.17) is 41.0 Å². The zero-order chi connectivity index (χ0) is 23.9. The van der Waals surface area contributed by atoms with Crippen LogP contribution in [0.4, 0.5) is 11.4 Å². The number of fused-ring (bicyclic) bond motifs is 1. The summed E-state index contributed by atoms with van der Waals surface area (Å²) in [6.07, 6.45) is 2.70. The minimum absolute atomic E-state index is 0.399. The molecule has 2 N–H and O–H groups in total. The van der Waals surface area contributed by atoms with Crippen molar-refractivity contribution in [2.24, 2.45) is 4.99 Å².